The third-order valence-corrected chi connectivity index (χ3v) is 4.08. The van der Waals surface area contributed by atoms with Gasteiger partial charge in [-0.15, -0.1) is 0 Å². The molecule has 3 rings (SSSR count). The Morgan fingerprint density at radius 2 is 1.83 bits per heavy atom. The van der Waals surface area contributed by atoms with Crippen LogP contribution in [0.15, 0.2) is 54.6 Å². The summed E-state index contributed by atoms with van der Waals surface area (Å²) in [5.74, 6) is 2.34. The number of aliphatic hydroxyl groups excluding tert-OH is 1. The molecule has 5 heteroatoms. The lowest BCUT2D eigenvalue weighted by Crippen LogP contribution is -2.94. The molecule has 1 aliphatic heterocycles. The first kappa shape index (κ1) is 16.6. The van der Waals surface area contributed by atoms with Crippen LogP contribution in [0.25, 0.3) is 0 Å². The number of rotatable bonds is 7. The van der Waals surface area contributed by atoms with Crippen molar-refractivity contribution in [1.29, 1.82) is 0 Å². The maximum atomic E-state index is 10.1. The van der Waals surface area contributed by atoms with E-state index in [4.69, 9.17) is 14.2 Å². The van der Waals surface area contributed by atoms with Gasteiger partial charge in [-0.3, -0.25) is 0 Å². The molecular formula is C19H24NO4+. The predicted octanol–water partition coefficient (Wildman–Crippen LogP) is 1.22. The van der Waals surface area contributed by atoms with Gasteiger partial charge in [0.15, 0.2) is 17.6 Å². The molecule has 0 saturated carbocycles. The van der Waals surface area contributed by atoms with E-state index in [2.05, 4.69) is 12.2 Å². The van der Waals surface area contributed by atoms with Crippen molar-refractivity contribution in [2.24, 2.45) is 0 Å². The van der Waals surface area contributed by atoms with Crippen molar-refractivity contribution in [3.63, 3.8) is 0 Å². The molecule has 24 heavy (non-hydrogen) atoms. The van der Waals surface area contributed by atoms with Crippen LogP contribution in [0.1, 0.15) is 6.92 Å². The van der Waals surface area contributed by atoms with Crippen LogP contribution in [0.5, 0.6) is 17.2 Å². The summed E-state index contributed by atoms with van der Waals surface area (Å²) in [6.45, 7) is 3.42. The van der Waals surface area contributed by atoms with Gasteiger partial charge in [0.2, 0.25) is 0 Å². The van der Waals surface area contributed by atoms with Crippen molar-refractivity contribution in [2.75, 3.05) is 19.8 Å². The highest BCUT2D eigenvalue weighted by molar-refractivity contribution is 5.40. The Morgan fingerprint density at radius 3 is 2.62 bits per heavy atom. The number of para-hydroxylation sites is 3. The molecule has 1 aliphatic rings. The van der Waals surface area contributed by atoms with E-state index in [1.807, 2.05) is 54.6 Å². The van der Waals surface area contributed by atoms with Gasteiger partial charge in [-0.1, -0.05) is 30.3 Å². The number of benzene rings is 2. The van der Waals surface area contributed by atoms with Crippen molar-refractivity contribution < 1.29 is 24.6 Å². The second-order valence-electron chi connectivity index (χ2n) is 6.02. The summed E-state index contributed by atoms with van der Waals surface area (Å²) in [6, 6.07) is 17.4. The summed E-state index contributed by atoms with van der Waals surface area (Å²) in [6.07, 6.45) is -0.577. The summed E-state index contributed by atoms with van der Waals surface area (Å²) < 4.78 is 17.3. The Balaban J connectivity index is 1.41. The van der Waals surface area contributed by atoms with E-state index in [-0.39, 0.29) is 18.8 Å². The first-order valence-electron chi connectivity index (χ1n) is 8.30. The normalized spacial score (nSPS) is 18.7. The van der Waals surface area contributed by atoms with Crippen molar-refractivity contribution in [3.8, 4) is 17.2 Å². The second-order valence-corrected chi connectivity index (χ2v) is 6.02. The molecule has 0 unspecified atom stereocenters. The summed E-state index contributed by atoms with van der Waals surface area (Å²) >= 11 is 0. The number of nitrogens with two attached hydrogens (primary N) is 1. The zero-order valence-electron chi connectivity index (χ0n) is 13.8. The van der Waals surface area contributed by atoms with E-state index in [0.717, 1.165) is 17.2 Å². The van der Waals surface area contributed by atoms with E-state index in [9.17, 15) is 5.11 Å². The highest BCUT2D eigenvalue weighted by Crippen LogP contribution is 2.31. The molecule has 2 aromatic rings. The number of aliphatic hydroxyl groups is 1. The topological polar surface area (TPSA) is 64.5 Å². The number of quaternary nitrogens is 1. The molecule has 5 nitrogen and oxygen atoms in total. The Labute approximate surface area is 142 Å². The molecule has 0 fully saturated rings. The fraction of sp³-hybridized carbons (Fsp3) is 0.368. The van der Waals surface area contributed by atoms with E-state index in [0.29, 0.717) is 13.2 Å². The van der Waals surface area contributed by atoms with Gasteiger partial charge in [0.25, 0.3) is 0 Å². The van der Waals surface area contributed by atoms with Crippen molar-refractivity contribution in [1.82, 2.24) is 0 Å². The average molecular weight is 330 g/mol. The summed E-state index contributed by atoms with van der Waals surface area (Å²) in [4.78, 5) is 0. The molecule has 128 valence electrons. The molecule has 3 atom stereocenters. The standard InChI is InChI=1S/C19H23NO4/c1-14(19-13-23-17-9-5-6-10-18(17)24-19)20-11-15(21)12-22-16-7-3-2-4-8-16/h2-10,14-15,19-21H,11-13H2,1H3/p+1/t14-,15+,19-/m1/s1. The third-order valence-electron chi connectivity index (χ3n) is 4.08. The molecule has 0 saturated heterocycles. The lowest BCUT2D eigenvalue weighted by molar-refractivity contribution is -0.698. The van der Waals surface area contributed by atoms with E-state index in [1.54, 1.807) is 0 Å². The van der Waals surface area contributed by atoms with Crippen LogP contribution in [0.3, 0.4) is 0 Å². The Hall–Kier alpha value is -2.24. The van der Waals surface area contributed by atoms with Crippen molar-refractivity contribution in [3.05, 3.63) is 54.6 Å². The predicted molar refractivity (Wildman–Crippen MR) is 90.6 cm³/mol. The number of fused-ring (bicyclic) bond motifs is 1. The van der Waals surface area contributed by atoms with E-state index in [1.165, 1.54) is 0 Å². The highest BCUT2D eigenvalue weighted by atomic mass is 16.6. The van der Waals surface area contributed by atoms with Crippen LogP contribution < -0.4 is 19.5 Å². The quantitative estimate of drug-likeness (QED) is 0.801. The molecule has 0 spiro atoms. The van der Waals surface area contributed by atoms with E-state index >= 15 is 0 Å². The van der Waals surface area contributed by atoms with Gasteiger partial charge in [0.1, 0.15) is 37.7 Å². The van der Waals surface area contributed by atoms with Gasteiger partial charge < -0.3 is 24.6 Å². The van der Waals surface area contributed by atoms with Gasteiger partial charge in [-0.05, 0) is 31.2 Å². The monoisotopic (exact) mass is 330 g/mol. The minimum absolute atomic E-state index is 0.0397. The van der Waals surface area contributed by atoms with Crippen LogP contribution in [0.2, 0.25) is 0 Å². The highest BCUT2D eigenvalue weighted by Gasteiger charge is 2.28. The molecule has 1 heterocycles. The fourth-order valence-corrected chi connectivity index (χ4v) is 2.60. The van der Waals surface area contributed by atoms with Crippen LogP contribution in [-0.2, 0) is 0 Å². The molecule has 3 N–H and O–H groups in total. The first-order valence-corrected chi connectivity index (χ1v) is 8.30. The number of hydrogen-bond donors (Lipinski definition) is 2. The first-order chi connectivity index (χ1) is 11.7. The second kappa shape index (κ2) is 8.04. The Morgan fingerprint density at radius 1 is 1.12 bits per heavy atom. The maximum absolute atomic E-state index is 10.1. The third kappa shape index (κ3) is 4.40. The fourth-order valence-electron chi connectivity index (χ4n) is 2.60. The number of hydrogen-bond acceptors (Lipinski definition) is 4. The molecule has 0 aliphatic carbocycles. The summed E-state index contributed by atoms with van der Waals surface area (Å²) in [5, 5.41) is 12.2. The molecule has 0 bridgehead atoms. The Bertz CT molecular complexity index is 634. The Kier molecular flexibility index (Phi) is 5.56. The van der Waals surface area contributed by atoms with Gasteiger partial charge in [-0.2, -0.15) is 0 Å². The molecular weight excluding hydrogens is 306 g/mol. The van der Waals surface area contributed by atoms with Gasteiger partial charge >= 0.3 is 0 Å². The maximum Gasteiger partial charge on any atom is 0.184 e. The van der Waals surface area contributed by atoms with Gasteiger partial charge in [0, 0.05) is 0 Å². The SMILES string of the molecule is C[C@@H]([NH2+]C[C@H](O)COc1ccccc1)[C@H]1COc2ccccc2O1. The van der Waals surface area contributed by atoms with Crippen LogP contribution in [0, 0.1) is 0 Å². The minimum Gasteiger partial charge on any atom is -0.491 e. The smallest absolute Gasteiger partial charge is 0.184 e. The molecule has 0 radical (unpaired) electrons. The summed E-state index contributed by atoms with van der Waals surface area (Å²) in [5.41, 5.74) is 0. The van der Waals surface area contributed by atoms with Crippen LogP contribution >= 0.6 is 0 Å². The van der Waals surface area contributed by atoms with Crippen molar-refractivity contribution >= 4 is 0 Å². The van der Waals surface area contributed by atoms with Gasteiger partial charge in [0.05, 0.1) is 0 Å². The lowest BCUT2D eigenvalue weighted by atomic mass is 10.1. The summed E-state index contributed by atoms with van der Waals surface area (Å²) in [7, 11) is 0. The molecule has 0 amide bonds. The zero-order valence-corrected chi connectivity index (χ0v) is 13.8. The zero-order chi connectivity index (χ0) is 16.8. The molecule has 0 aromatic heterocycles. The molecule has 2 aromatic carbocycles. The van der Waals surface area contributed by atoms with Crippen LogP contribution in [-0.4, -0.2) is 43.1 Å². The largest absolute Gasteiger partial charge is 0.491 e. The van der Waals surface area contributed by atoms with Crippen LogP contribution in [0.4, 0.5) is 0 Å². The lowest BCUT2D eigenvalue weighted by Gasteiger charge is -2.29. The number of ether oxygens (including phenoxy) is 3. The average Bonchev–Trinajstić information content (AvgIpc) is 2.65. The minimum atomic E-state index is -0.538. The van der Waals surface area contributed by atoms with E-state index < -0.39 is 6.10 Å². The van der Waals surface area contributed by atoms with Gasteiger partial charge in [-0.25, -0.2) is 0 Å². The van der Waals surface area contributed by atoms with Crippen molar-refractivity contribution in [2.45, 2.75) is 25.2 Å².